The van der Waals surface area contributed by atoms with Crippen molar-refractivity contribution in [3.8, 4) is 23.2 Å². The number of rotatable bonds is 14. The first-order chi connectivity index (χ1) is 25.3. The molecule has 16 heteroatoms. The maximum absolute atomic E-state index is 13.3. The molecule has 0 radical (unpaired) electrons. The highest BCUT2D eigenvalue weighted by Crippen LogP contribution is 2.31. The molecule has 52 heavy (non-hydrogen) atoms. The topological polar surface area (TPSA) is 181 Å². The second-order valence-electron chi connectivity index (χ2n) is 11.8. The summed E-state index contributed by atoms with van der Waals surface area (Å²) in [7, 11) is -4.21. The summed E-state index contributed by atoms with van der Waals surface area (Å²) in [5.41, 5.74) is 3.54. The second-order valence-corrected chi connectivity index (χ2v) is 14.7. The number of carbonyl (C=O) groups is 1. The molecule has 0 saturated carbocycles. The number of nitrogens with one attached hydrogen (secondary N) is 1. The van der Waals surface area contributed by atoms with Crippen LogP contribution in [0.3, 0.4) is 0 Å². The Kier molecular flexibility index (Phi) is 11.6. The smallest absolute Gasteiger partial charge is 0.415 e. The first-order valence-electron chi connectivity index (χ1n) is 16.7. The summed E-state index contributed by atoms with van der Waals surface area (Å²) in [6, 6.07) is 27.2. The molecule has 0 aliphatic carbocycles. The molecule has 5 aromatic rings. The van der Waals surface area contributed by atoms with E-state index < -0.39 is 20.7 Å². The van der Waals surface area contributed by atoms with Crippen LogP contribution in [0.2, 0.25) is 0 Å². The van der Waals surface area contributed by atoms with E-state index in [1.54, 1.807) is 23.1 Å². The van der Waals surface area contributed by atoms with Gasteiger partial charge in [-0.3, -0.25) is 14.3 Å². The van der Waals surface area contributed by atoms with Crippen LogP contribution in [0.4, 0.5) is 11.5 Å². The third kappa shape index (κ3) is 8.51. The summed E-state index contributed by atoms with van der Waals surface area (Å²) < 4.78 is 36.1. The highest BCUT2D eigenvalue weighted by molar-refractivity contribution is 7.99. The van der Waals surface area contributed by atoms with Gasteiger partial charge in [-0.25, -0.2) is 18.4 Å². The highest BCUT2D eigenvalue weighted by atomic mass is 32.2. The lowest BCUT2D eigenvalue weighted by atomic mass is 10.1. The Balaban J connectivity index is 1.06. The zero-order valence-corrected chi connectivity index (χ0v) is 30.0. The molecule has 3 heterocycles. The number of anilines is 2. The molecule has 1 aliphatic rings. The number of nitrogens with zero attached hydrogens (tertiary/aromatic N) is 7. The fraction of sp³-hybridized carbons (Fsp3) is 0.278. The summed E-state index contributed by atoms with van der Waals surface area (Å²) in [5, 5.41) is 28.8. The summed E-state index contributed by atoms with van der Waals surface area (Å²) in [4.78, 5) is 26.3. The van der Waals surface area contributed by atoms with Crippen molar-refractivity contribution in [2.45, 2.75) is 34.8 Å². The Hall–Kier alpha value is -5.50. The van der Waals surface area contributed by atoms with E-state index >= 15 is 0 Å². The van der Waals surface area contributed by atoms with Gasteiger partial charge in [-0.2, -0.15) is 5.26 Å². The molecule has 14 nitrogen and oxygen atoms in total. The van der Waals surface area contributed by atoms with Crippen LogP contribution in [0.5, 0.6) is 5.88 Å². The average Bonchev–Trinajstić information content (AvgIpc) is 3.55. The number of benzene rings is 3. The fourth-order valence-electron chi connectivity index (χ4n) is 5.69. The maximum atomic E-state index is 13.3. The van der Waals surface area contributed by atoms with Crippen molar-refractivity contribution in [2.75, 3.05) is 50.4 Å². The molecule has 1 fully saturated rings. The van der Waals surface area contributed by atoms with Gasteiger partial charge in [0.2, 0.25) is 5.91 Å². The largest absolute Gasteiger partial charge is 0.453 e. The Morgan fingerprint density at radius 1 is 1.04 bits per heavy atom. The predicted molar refractivity (Wildman–Crippen MR) is 192 cm³/mol. The van der Waals surface area contributed by atoms with E-state index in [1.807, 2.05) is 48.5 Å². The number of aromatic nitrogens is 4. The van der Waals surface area contributed by atoms with E-state index in [1.165, 1.54) is 29.5 Å². The van der Waals surface area contributed by atoms with Crippen LogP contribution in [0.1, 0.15) is 24.5 Å². The van der Waals surface area contributed by atoms with Crippen molar-refractivity contribution in [3.05, 3.63) is 101 Å². The fourth-order valence-corrected chi connectivity index (χ4v) is 7.73. The molecule has 1 aliphatic heterocycles. The molecular weight excluding hydrogens is 705 g/mol. The Morgan fingerprint density at radius 2 is 1.77 bits per heavy atom. The molecular formula is C36H36N8O6S2. The van der Waals surface area contributed by atoms with Crippen LogP contribution in [0.15, 0.2) is 105 Å². The van der Waals surface area contributed by atoms with Gasteiger partial charge < -0.3 is 20.2 Å². The van der Waals surface area contributed by atoms with Gasteiger partial charge in [0, 0.05) is 44.0 Å². The molecule has 0 unspecified atom stereocenters. The Labute approximate surface area is 305 Å². The molecule has 3 aromatic carbocycles. The monoisotopic (exact) mass is 740 g/mol. The number of sulfone groups is 1. The first kappa shape index (κ1) is 36.3. The normalized spacial score (nSPS) is 13.4. The summed E-state index contributed by atoms with van der Waals surface area (Å²) >= 11 is 1.21. The van der Waals surface area contributed by atoms with E-state index in [4.69, 9.17) is 9.72 Å². The van der Waals surface area contributed by atoms with E-state index in [2.05, 4.69) is 44.0 Å². The van der Waals surface area contributed by atoms with Crippen molar-refractivity contribution >= 4 is 39.0 Å². The van der Waals surface area contributed by atoms with Gasteiger partial charge in [0.25, 0.3) is 9.84 Å². The highest BCUT2D eigenvalue weighted by Gasteiger charge is 2.36. The Morgan fingerprint density at radius 3 is 2.48 bits per heavy atom. The third-order valence-electron chi connectivity index (χ3n) is 8.33. The average molecular weight is 741 g/mol. The quantitative estimate of drug-likeness (QED) is 0.0957. The SMILES string of the molecule is CCCc1cccc(Nc2nc(SCC(=O)N3CCN(CCOc4no[n+]([O-])c4S(=O)(=O)c4ccccc4)CC3)nc(-c3ccccc3)c2C#N)c1. The van der Waals surface area contributed by atoms with E-state index in [-0.39, 0.29) is 28.1 Å². The van der Waals surface area contributed by atoms with Crippen molar-refractivity contribution in [3.63, 3.8) is 0 Å². The standard InChI is InChI=1S/C36H36N8O6S2/c1-2-10-26-11-9-14-28(23-26)38-33-30(24-37)32(27-12-5-3-6-13-27)39-36(40-33)51-25-31(45)43-19-17-42(18-20-43)21-22-49-34-35(44(46)50-41-34)52(47,48)29-15-7-4-8-16-29/h3-9,11-16,23H,2,10,17-22,25H2,1H3,(H,38,39,40). The number of carbonyl (C=O) groups excluding carboxylic acids is 1. The lowest BCUT2D eigenvalue weighted by Gasteiger charge is -2.34. The Bertz CT molecular complexity index is 2150. The van der Waals surface area contributed by atoms with Gasteiger partial charge in [0.1, 0.15) is 18.2 Å². The van der Waals surface area contributed by atoms with Crippen LogP contribution >= 0.6 is 11.8 Å². The minimum absolute atomic E-state index is 0.0483. The molecule has 6 rings (SSSR count). The first-order valence-corrected chi connectivity index (χ1v) is 19.1. The second kappa shape index (κ2) is 16.7. The van der Waals surface area contributed by atoms with Crippen molar-refractivity contribution in [1.29, 1.82) is 5.26 Å². The lowest BCUT2D eigenvalue weighted by Crippen LogP contribution is -2.50. The predicted octanol–water partition coefficient (Wildman–Crippen LogP) is 4.48. The van der Waals surface area contributed by atoms with Gasteiger partial charge in [-0.15, -0.1) is 0 Å². The number of amides is 1. The van der Waals surface area contributed by atoms with E-state index in [0.717, 1.165) is 24.1 Å². The zero-order valence-electron chi connectivity index (χ0n) is 28.3. The number of thioether (sulfide) groups is 1. The summed E-state index contributed by atoms with van der Waals surface area (Å²) in [5.74, 6) is -0.00526. The van der Waals surface area contributed by atoms with Crippen molar-refractivity contribution < 1.29 is 27.5 Å². The molecule has 1 N–H and O–H groups in total. The minimum Gasteiger partial charge on any atom is -0.453 e. The molecule has 0 spiro atoms. The minimum atomic E-state index is -4.21. The van der Waals surface area contributed by atoms with Gasteiger partial charge in [-0.05, 0) is 41.2 Å². The number of nitriles is 1. The van der Waals surface area contributed by atoms with E-state index in [9.17, 15) is 23.7 Å². The van der Waals surface area contributed by atoms with Crippen LogP contribution < -0.4 is 15.0 Å². The molecule has 0 bridgehead atoms. The van der Waals surface area contributed by atoms with Gasteiger partial charge >= 0.3 is 10.9 Å². The van der Waals surface area contributed by atoms with Crippen molar-refractivity contribution in [1.82, 2.24) is 24.9 Å². The molecule has 268 valence electrons. The maximum Gasteiger partial charge on any atom is 0.415 e. The number of piperazine rings is 1. The van der Waals surface area contributed by atoms with Crippen LogP contribution in [0, 0.1) is 16.5 Å². The number of hydrogen-bond donors (Lipinski definition) is 1. The number of aryl methyl sites for hydroxylation is 1. The molecule has 1 amide bonds. The van der Waals surface area contributed by atoms with Gasteiger partial charge in [0.15, 0.2) is 11.0 Å². The third-order valence-corrected chi connectivity index (χ3v) is 10.9. The van der Waals surface area contributed by atoms with Gasteiger partial charge in [-0.1, -0.05) is 85.8 Å². The van der Waals surface area contributed by atoms with Crippen LogP contribution in [-0.4, -0.2) is 84.3 Å². The van der Waals surface area contributed by atoms with Crippen LogP contribution in [0.25, 0.3) is 11.3 Å². The lowest BCUT2D eigenvalue weighted by molar-refractivity contribution is -0.832. The van der Waals surface area contributed by atoms with Crippen molar-refractivity contribution in [2.24, 2.45) is 0 Å². The number of hydrogen-bond acceptors (Lipinski definition) is 13. The molecule has 1 saturated heterocycles. The summed E-state index contributed by atoms with van der Waals surface area (Å²) in [6.45, 7) is 4.65. The number of ether oxygens (including phenoxy) is 1. The van der Waals surface area contributed by atoms with E-state index in [0.29, 0.717) is 55.0 Å². The zero-order chi connectivity index (χ0) is 36.5. The molecule has 0 atom stereocenters. The van der Waals surface area contributed by atoms with Gasteiger partial charge in [0.05, 0.1) is 21.5 Å². The summed E-state index contributed by atoms with van der Waals surface area (Å²) in [6.07, 6.45) is 1.94. The molecule has 2 aromatic heterocycles. The van der Waals surface area contributed by atoms with Crippen LogP contribution in [-0.2, 0) is 21.1 Å².